The number of amides is 3. The third-order valence-corrected chi connectivity index (χ3v) is 12.3. The van der Waals surface area contributed by atoms with E-state index in [1.54, 1.807) is 19.2 Å². The summed E-state index contributed by atoms with van der Waals surface area (Å²) in [6, 6.07) is 12.7. The summed E-state index contributed by atoms with van der Waals surface area (Å²) < 4.78 is 8.43. The Morgan fingerprint density at radius 2 is 1.85 bits per heavy atom. The second-order valence-corrected chi connectivity index (χ2v) is 18.5. The molecule has 320 valence electrons. The lowest BCUT2D eigenvalue weighted by Crippen LogP contribution is -2.62. The van der Waals surface area contributed by atoms with E-state index in [0.717, 1.165) is 44.5 Å². The molecule has 2 aliphatic heterocycles. The lowest BCUT2D eigenvalue weighted by Gasteiger charge is -2.36. The minimum Gasteiger partial charge on any atom is -0.508 e. The molecule has 2 fully saturated rings. The van der Waals surface area contributed by atoms with E-state index < -0.39 is 41.3 Å². The number of carbonyl (C=O) groups is 4. The van der Waals surface area contributed by atoms with E-state index in [2.05, 4.69) is 68.1 Å². The number of phenols is 1. The monoisotopic (exact) mass is 819 g/mol. The number of aromatic nitrogens is 2. The molecule has 2 aromatic carbocycles. The predicted molar refractivity (Wildman–Crippen MR) is 231 cm³/mol. The van der Waals surface area contributed by atoms with Gasteiger partial charge in [-0.05, 0) is 103 Å². The minimum absolute atomic E-state index is 0.0182. The molecule has 4 heterocycles. The molecule has 0 spiro atoms. The van der Waals surface area contributed by atoms with Gasteiger partial charge in [-0.3, -0.25) is 29.2 Å². The molecule has 0 radical (unpaired) electrons. The third kappa shape index (κ3) is 8.65. The zero-order chi connectivity index (χ0) is 43.2. The number of nitrogens with one attached hydrogen (secondary N) is 2. The van der Waals surface area contributed by atoms with Gasteiger partial charge in [-0.2, -0.15) is 0 Å². The number of aryl methyl sites for hydroxylation is 1. The summed E-state index contributed by atoms with van der Waals surface area (Å²) in [5, 5.41) is 16.7. The number of phenolic OH excluding ortho intramolecular Hbond substituents is 1. The number of hydrazine groups is 1. The number of hydrogen-bond donors (Lipinski definition) is 4. The van der Waals surface area contributed by atoms with Crippen molar-refractivity contribution in [3.8, 4) is 28.1 Å². The van der Waals surface area contributed by atoms with Crippen LogP contribution in [0.3, 0.4) is 0 Å². The Morgan fingerprint density at radius 3 is 2.53 bits per heavy atom. The summed E-state index contributed by atoms with van der Waals surface area (Å²) in [5.41, 5.74) is 16.2. The van der Waals surface area contributed by atoms with Crippen molar-refractivity contribution in [3.05, 3.63) is 71.5 Å². The number of rotatable bonds is 8. The molecule has 13 heteroatoms. The van der Waals surface area contributed by atoms with Gasteiger partial charge in [0.2, 0.25) is 11.8 Å². The van der Waals surface area contributed by atoms with Gasteiger partial charge in [0.25, 0.3) is 5.91 Å². The zero-order valence-electron chi connectivity index (χ0n) is 36.2. The average molecular weight is 820 g/mol. The van der Waals surface area contributed by atoms with Gasteiger partial charge in [-0.1, -0.05) is 53.7 Å². The van der Waals surface area contributed by atoms with Gasteiger partial charge in [-0.15, -0.1) is 0 Å². The third-order valence-electron chi connectivity index (χ3n) is 12.3. The minimum atomic E-state index is -1.11. The molecule has 1 saturated carbocycles. The predicted octanol–water partition coefficient (Wildman–Crippen LogP) is 5.70. The summed E-state index contributed by atoms with van der Waals surface area (Å²) in [6.07, 6.45) is 4.04. The Bertz CT molecular complexity index is 2300. The van der Waals surface area contributed by atoms with Crippen molar-refractivity contribution in [3.63, 3.8) is 0 Å². The van der Waals surface area contributed by atoms with Crippen LogP contribution in [-0.2, 0) is 43.3 Å². The van der Waals surface area contributed by atoms with Crippen molar-refractivity contribution in [2.75, 3.05) is 20.2 Å². The molecular weight excluding hydrogens is 759 g/mol. The number of nitrogens with zero attached hydrogens (tertiary/aromatic N) is 4. The van der Waals surface area contributed by atoms with E-state index in [1.807, 2.05) is 38.2 Å². The van der Waals surface area contributed by atoms with E-state index in [1.165, 1.54) is 9.91 Å². The van der Waals surface area contributed by atoms with Gasteiger partial charge in [0.15, 0.2) is 0 Å². The summed E-state index contributed by atoms with van der Waals surface area (Å²) in [7, 11) is 1.61. The lowest BCUT2D eigenvalue weighted by molar-refractivity contribution is -0.155. The van der Waals surface area contributed by atoms with E-state index in [9.17, 15) is 24.3 Å². The number of pyridine rings is 1. The topological polar surface area (TPSA) is 172 Å². The highest BCUT2D eigenvalue weighted by molar-refractivity contribution is 5.96. The molecule has 1 aliphatic carbocycles. The van der Waals surface area contributed by atoms with Crippen molar-refractivity contribution < 1.29 is 29.0 Å². The number of esters is 1. The lowest BCUT2D eigenvalue weighted by atomic mass is 9.83. The Morgan fingerprint density at radius 1 is 1.10 bits per heavy atom. The van der Waals surface area contributed by atoms with Gasteiger partial charge < -0.3 is 30.4 Å². The Hall–Kier alpha value is -5.27. The van der Waals surface area contributed by atoms with E-state index in [-0.39, 0.29) is 48.5 Å². The Kier molecular flexibility index (Phi) is 12.1. The second kappa shape index (κ2) is 17.0. The van der Waals surface area contributed by atoms with Crippen LogP contribution in [0.5, 0.6) is 5.75 Å². The smallest absolute Gasteiger partial charge is 0.324 e. The summed E-state index contributed by atoms with van der Waals surface area (Å²) >= 11 is 0. The summed E-state index contributed by atoms with van der Waals surface area (Å²) in [6.45, 7) is 15.5. The van der Waals surface area contributed by atoms with Crippen molar-refractivity contribution in [2.24, 2.45) is 23.0 Å². The van der Waals surface area contributed by atoms with Crippen LogP contribution in [0.1, 0.15) is 90.5 Å². The van der Waals surface area contributed by atoms with Gasteiger partial charge in [-0.25, -0.2) is 5.43 Å². The Labute approximate surface area is 353 Å². The van der Waals surface area contributed by atoms with Crippen LogP contribution in [0.25, 0.3) is 33.3 Å². The van der Waals surface area contributed by atoms with E-state index in [4.69, 9.17) is 15.5 Å². The largest absolute Gasteiger partial charge is 0.508 e. The molecule has 7 rings (SSSR count). The number of aromatic hydroxyl groups is 1. The number of benzene rings is 2. The van der Waals surface area contributed by atoms with Crippen molar-refractivity contribution in [2.45, 2.75) is 117 Å². The highest BCUT2D eigenvalue weighted by Crippen LogP contribution is 2.42. The number of carbonyl (C=O) groups excluding carboxylic acids is 4. The molecule has 3 amide bonds. The van der Waals surface area contributed by atoms with Crippen molar-refractivity contribution >= 4 is 34.6 Å². The Balaban J connectivity index is 1.35. The molecule has 13 nitrogen and oxygen atoms in total. The van der Waals surface area contributed by atoms with Gasteiger partial charge >= 0.3 is 5.97 Å². The first-order chi connectivity index (χ1) is 28.5. The molecule has 5 N–H and O–H groups in total. The maximum Gasteiger partial charge on any atom is 0.324 e. The number of hydrogen-bond acceptors (Lipinski definition) is 9. The second-order valence-electron chi connectivity index (χ2n) is 18.5. The van der Waals surface area contributed by atoms with E-state index >= 15 is 0 Å². The van der Waals surface area contributed by atoms with Crippen LogP contribution in [0.2, 0.25) is 0 Å². The SMILES string of the molecule is CCn1c(-c2cccnc2C(C)C)c2c3cc(ccc31)-c1cc(O)cc(c1)C[C@H](NC(=O)[C@H](C(C)C)N(C)C(=O)[C@H]1C[C@@H]1N)C(=O)N1CCC[C@H](N1)C(=O)OCC(C)(C)C2. The normalized spacial score (nSPS) is 22.4. The first-order valence-corrected chi connectivity index (χ1v) is 21.5. The molecule has 2 aromatic heterocycles. The standard InChI is InChI=1S/C47H61N7O6/c1-9-53-39-15-14-29-22-33(39)35(42(53)32-12-10-16-49-40(32)26(2)3)24-47(6,7)25-60-46(59)37-13-11-17-54(51-37)45(58)38(20-28-18-30(29)21-31(55)19-28)50-43(56)41(27(4)5)52(8)44(57)34-23-36(34)48/h10,12,14-16,18-19,21-22,26-27,34,36-38,41,51,55H,9,11,13,17,20,23-25,48H2,1-8H3,(H,50,56)/t34-,36-,37-,38-,41-/m0/s1. The molecule has 5 atom stereocenters. The molecular formula is C47H61N7O6. The molecule has 60 heavy (non-hydrogen) atoms. The number of ether oxygens (including phenoxy) is 1. The molecule has 1 saturated heterocycles. The molecule has 6 bridgehead atoms. The van der Waals surface area contributed by atoms with Crippen LogP contribution >= 0.6 is 0 Å². The first kappa shape index (κ1) is 42.8. The summed E-state index contributed by atoms with van der Waals surface area (Å²) in [5.74, 6) is -1.98. The van der Waals surface area contributed by atoms with Crippen LogP contribution in [0, 0.1) is 17.3 Å². The van der Waals surface area contributed by atoms with Crippen LogP contribution in [0.4, 0.5) is 0 Å². The van der Waals surface area contributed by atoms with Crippen molar-refractivity contribution in [1.29, 1.82) is 0 Å². The first-order valence-electron chi connectivity index (χ1n) is 21.5. The maximum atomic E-state index is 14.6. The number of cyclic esters (lactones) is 1. The quantitative estimate of drug-likeness (QED) is 0.163. The fourth-order valence-corrected chi connectivity index (χ4v) is 9.17. The van der Waals surface area contributed by atoms with Gasteiger partial charge in [0.1, 0.15) is 23.9 Å². The molecule has 4 aromatic rings. The maximum absolute atomic E-state index is 14.6. The number of nitrogens with two attached hydrogens (primary N) is 1. The van der Waals surface area contributed by atoms with Gasteiger partial charge in [0.05, 0.1) is 23.9 Å². The zero-order valence-corrected chi connectivity index (χ0v) is 36.2. The highest BCUT2D eigenvalue weighted by atomic mass is 16.5. The van der Waals surface area contributed by atoms with E-state index in [0.29, 0.717) is 44.3 Å². The number of fused-ring (bicyclic) bond motifs is 6. The van der Waals surface area contributed by atoms with Crippen LogP contribution in [-0.4, -0.2) is 92.6 Å². The highest BCUT2D eigenvalue weighted by Gasteiger charge is 2.45. The molecule has 3 aliphatic rings. The van der Waals surface area contributed by atoms with Crippen molar-refractivity contribution in [1.82, 2.24) is 30.2 Å². The fraction of sp³-hybridized carbons (Fsp3) is 0.511. The average Bonchev–Trinajstić information content (AvgIpc) is 3.87. The fourth-order valence-electron chi connectivity index (χ4n) is 9.17. The van der Waals surface area contributed by atoms with Crippen LogP contribution < -0.4 is 16.5 Å². The summed E-state index contributed by atoms with van der Waals surface area (Å²) in [4.78, 5) is 62.2. The number of likely N-dealkylation sites (N-methyl/N-ethyl adjacent to an activating group) is 1. The molecule has 0 unspecified atom stereocenters. The van der Waals surface area contributed by atoms with Gasteiger partial charge in [0, 0.05) is 60.7 Å². The van der Waals surface area contributed by atoms with Crippen LogP contribution in [0.15, 0.2) is 54.7 Å².